The molecule has 1 rings (SSSR count). The molecule has 0 bridgehead atoms. The van der Waals surface area contributed by atoms with Gasteiger partial charge in [0.1, 0.15) is 0 Å². The largest absolute Gasteiger partial charge is 0.388 e. The number of benzene rings is 1. The molecule has 0 saturated heterocycles. The lowest BCUT2D eigenvalue weighted by Crippen LogP contribution is -1.97. The van der Waals surface area contributed by atoms with Gasteiger partial charge in [-0.1, -0.05) is 63.1 Å². The van der Waals surface area contributed by atoms with Crippen molar-refractivity contribution in [3.8, 4) is 0 Å². The van der Waals surface area contributed by atoms with Gasteiger partial charge in [-0.15, -0.1) is 0 Å². The molecule has 0 aliphatic rings. The lowest BCUT2D eigenvalue weighted by Gasteiger charge is -2.10. The minimum atomic E-state index is -0.310. The second-order valence-electron chi connectivity index (χ2n) is 3.88. The average Bonchev–Trinajstić information content (AvgIpc) is 2.29. The van der Waals surface area contributed by atoms with Crippen LogP contribution in [0.1, 0.15) is 49.8 Å². The van der Waals surface area contributed by atoms with Crippen molar-refractivity contribution in [2.45, 2.75) is 38.7 Å². The third kappa shape index (κ3) is 3.88. The Morgan fingerprint density at radius 1 is 1.27 bits per heavy atom. The first-order valence-corrected chi connectivity index (χ1v) is 5.68. The Morgan fingerprint density at radius 2 is 1.93 bits per heavy atom. The predicted octanol–water partition coefficient (Wildman–Crippen LogP) is 3.94. The molecule has 0 amide bonds. The molecule has 0 aromatic heterocycles. The van der Waals surface area contributed by atoms with Crippen molar-refractivity contribution < 1.29 is 5.11 Å². The fraction of sp³-hybridized carbons (Fsp3) is 0.429. The molecule has 82 valence electrons. The van der Waals surface area contributed by atoms with E-state index in [0.29, 0.717) is 0 Å². The molecule has 1 aromatic carbocycles. The zero-order chi connectivity index (χ0) is 11.1. The van der Waals surface area contributed by atoms with Gasteiger partial charge in [0.15, 0.2) is 0 Å². The predicted molar refractivity (Wildman–Crippen MR) is 65.6 cm³/mol. The van der Waals surface area contributed by atoms with E-state index in [4.69, 9.17) is 0 Å². The Balaban J connectivity index is 2.50. The van der Waals surface area contributed by atoms with Crippen molar-refractivity contribution in [2.75, 3.05) is 0 Å². The van der Waals surface area contributed by atoms with E-state index in [1.165, 1.54) is 12.8 Å². The standard InChI is InChI=1S/C14H20O/c1-3-5-6-7-14(15)13-10-8-12(4-2)9-11-13/h4,8-11,14-15H,2-3,5-7H2,1H3/t14-/m1/s1. The molecule has 1 N–H and O–H groups in total. The van der Waals surface area contributed by atoms with Crippen LogP contribution in [0.15, 0.2) is 30.8 Å². The molecule has 1 nitrogen and oxygen atoms in total. The van der Waals surface area contributed by atoms with E-state index in [1.807, 2.05) is 30.3 Å². The highest BCUT2D eigenvalue weighted by Crippen LogP contribution is 2.20. The molecule has 1 atom stereocenters. The van der Waals surface area contributed by atoms with Gasteiger partial charge in [-0.3, -0.25) is 0 Å². The van der Waals surface area contributed by atoms with E-state index >= 15 is 0 Å². The number of aliphatic hydroxyl groups excluding tert-OH is 1. The van der Waals surface area contributed by atoms with Crippen LogP contribution in [0.5, 0.6) is 0 Å². The van der Waals surface area contributed by atoms with Gasteiger partial charge in [0, 0.05) is 0 Å². The molecule has 15 heavy (non-hydrogen) atoms. The van der Waals surface area contributed by atoms with E-state index in [0.717, 1.165) is 24.0 Å². The van der Waals surface area contributed by atoms with Crippen LogP contribution in [-0.4, -0.2) is 5.11 Å². The fourth-order valence-electron chi connectivity index (χ4n) is 1.61. The molecule has 0 heterocycles. The number of aliphatic hydroxyl groups is 1. The van der Waals surface area contributed by atoms with Crippen LogP contribution in [0.2, 0.25) is 0 Å². The average molecular weight is 204 g/mol. The number of rotatable bonds is 6. The molecule has 1 aromatic rings. The van der Waals surface area contributed by atoms with Crippen LogP contribution in [0, 0.1) is 0 Å². The molecule has 0 unspecified atom stereocenters. The van der Waals surface area contributed by atoms with Crippen LogP contribution in [0.25, 0.3) is 6.08 Å². The van der Waals surface area contributed by atoms with Crippen LogP contribution >= 0.6 is 0 Å². The van der Waals surface area contributed by atoms with Gasteiger partial charge >= 0.3 is 0 Å². The number of hydrogen-bond acceptors (Lipinski definition) is 1. The molecular weight excluding hydrogens is 184 g/mol. The van der Waals surface area contributed by atoms with Crippen molar-refractivity contribution in [3.63, 3.8) is 0 Å². The molecular formula is C14H20O. The highest BCUT2D eigenvalue weighted by atomic mass is 16.3. The SMILES string of the molecule is C=Cc1ccc([C@H](O)CCCCC)cc1. The van der Waals surface area contributed by atoms with E-state index in [-0.39, 0.29) is 6.10 Å². The first-order valence-electron chi connectivity index (χ1n) is 5.68. The van der Waals surface area contributed by atoms with Crippen LogP contribution < -0.4 is 0 Å². The second kappa shape index (κ2) is 6.41. The molecule has 0 aliphatic carbocycles. The van der Waals surface area contributed by atoms with E-state index < -0.39 is 0 Å². The van der Waals surface area contributed by atoms with Crippen molar-refractivity contribution in [1.29, 1.82) is 0 Å². The molecule has 0 fully saturated rings. The van der Waals surface area contributed by atoms with Gasteiger partial charge < -0.3 is 5.11 Å². The summed E-state index contributed by atoms with van der Waals surface area (Å²) in [5.74, 6) is 0. The number of hydrogen-bond donors (Lipinski definition) is 1. The molecule has 1 heteroatoms. The lowest BCUT2D eigenvalue weighted by atomic mass is 10.0. The van der Waals surface area contributed by atoms with Crippen LogP contribution in [0.4, 0.5) is 0 Å². The highest BCUT2D eigenvalue weighted by molar-refractivity contribution is 5.47. The summed E-state index contributed by atoms with van der Waals surface area (Å²) in [5.41, 5.74) is 2.11. The van der Waals surface area contributed by atoms with Gasteiger partial charge in [0.05, 0.1) is 6.10 Å². The minimum absolute atomic E-state index is 0.310. The maximum Gasteiger partial charge on any atom is 0.0790 e. The van der Waals surface area contributed by atoms with Gasteiger partial charge in [0.25, 0.3) is 0 Å². The Hall–Kier alpha value is -1.08. The minimum Gasteiger partial charge on any atom is -0.388 e. The number of unbranched alkanes of at least 4 members (excludes halogenated alkanes) is 2. The van der Waals surface area contributed by atoms with Gasteiger partial charge in [-0.25, -0.2) is 0 Å². The molecule has 0 saturated carbocycles. The Morgan fingerprint density at radius 3 is 2.47 bits per heavy atom. The summed E-state index contributed by atoms with van der Waals surface area (Å²) < 4.78 is 0. The van der Waals surface area contributed by atoms with Gasteiger partial charge in [0.2, 0.25) is 0 Å². The first kappa shape index (κ1) is 12.0. The van der Waals surface area contributed by atoms with Crippen LogP contribution in [-0.2, 0) is 0 Å². The van der Waals surface area contributed by atoms with Crippen molar-refractivity contribution in [1.82, 2.24) is 0 Å². The summed E-state index contributed by atoms with van der Waals surface area (Å²) in [7, 11) is 0. The van der Waals surface area contributed by atoms with Gasteiger partial charge in [-0.2, -0.15) is 0 Å². The van der Waals surface area contributed by atoms with Crippen molar-refractivity contribution >= 4 is 6.08 Å². The summed E-state index contributed by atoms with van der Waals surface area (Å²) in [4.78, 5) is 0. The Labute approximate surface area is 92.5 Å². The Bertz CT molecular complexity index is 287. The van der Waals surface area contributed by atoms with E-state index in [2.05, 4.69) is 13.5 Å². The van der Waals surface area contributed by atoms with E-state index in [9.17, 15) is 5.11 Å². The zero-order valence-electron chi connectivity index (χ0n) is 9.45. The second-order valence-corrected chi connectivity index (χ2v) is 3.88. The van der Waals surface area contributed by atoms with Crippen LogP contribution in [0.3, 0.4) is 0 Å². The van der Waals surface area contributed by atoms with Gasteiger partial charge in [-0.05, 0) is 17.5 Å². The van der Waals surface area contributed by atoms with E-state index in [1.54, 1.807) is 0 Å². The monoisotopic (exact) mass is 204 g/mol. The summed E-state index contributed by atoms with van der Waals surface area (Å²) in [6.45, 7) is 5.88. The summed E-state index contributed by atoms with van der Waals surface area (Å²) >= 11 is 0. The third-order valence-electron chi connectivity index (χ3n) is 2.64. The topological polar surface area (TPSA) is 20.2 Å². The summed E-state index contributed by atoms with van der Waals surface area (Å²) in [6.07, 6.45) is 5.86. The van der Waals surface area contributed by atoms with Crippen molar-refractivity contribution in [3.05, 3.63) is 42.0 Å². The first-order chi connectivity index (χ1) is 7.27. The maximum absolute atomic E-state index is 9.88. The maximum atomic E-state index is 9.88. The quantitative estimate of drug-likeness (QED) is 0.696. The molecule has 0 spiro atoms. The Kier molecular flexibility index (Phi) is 5.13. The third-order valence-corrected chi connectivity index (χ3v) is 2.64. The normalized spacial score (nSPS) is 12.4. The molecule has 0 aliphatic heterocycles. The lowest BCUT2D eigenvalue weighted by molar-refractivity contribution is 0.163. The smallest absolute Gasteiger partial charge is 0.0790 e. The summed E-state index contributed by atoms with van der Waals surface area (Å²) in [5, 5.41) is 9.88. The fourth-order valence-corrected chi connectivity index (χ4v) is 1.61. The van der Waals surface area contributed by atoms with Crippen molar-refractivity contribution in [2.24, 2.45) is 0 Å². The zero-order valence-corrected chi connectivity index (χ0v) is 9.45. The molecule has 0 radical (unpaired) electrons. The summed E-state index contributed by atoms with van der Waals surface area (Å²) in [6, 6.07) is 7.94. The highest BCUT2D eigenvalue weighted by Gasteiger charge is 2.05.